The Morgan fingerprint density at radius 1 is 1.23 bits per heavy atom. The van der Waals surface area contributed by atoms with Crippen LogP contribution in [-0.4, -0.2) is 26.1 Å². The van der Waals surface area contributed by atoms with Gasteiger partial charge in [0.25, 0.3) is 0 Å². The third-order valence-electron chi connectivity index (χ3n) is 4.29. The highest BCUT2D eigenvalue weighted by atomic mass is 35.5. The third kappa shape index (κ3) is 2.87. The number of nitrogens with zero attached hydrogens (tertiary/aromatic N) is 3. The number of aryl methyl sites for hydroxylation is 1. The summed E-state index contributed by atoms with van der Waals surface area (Å²) in [6.07, 6.45) is 4.70. The topological polar surface area (TPSA) is 61.8 Å². The van der Waals surface area contributed by atoms with Crippen LogP contribution in [0.2, 0.25) is 5.02 Å². The van der Waals surface area contributed by atoms with Crippen LogP contribution in [-0.2, 0) is 6.42 Å². The molecule has 0 fully saturated rings. The van der Waals surface area contributed by atoms with E-state index in [9.17, 15) is 0 Å². The number of fused-ring (bicyclic) bond motifs is 1. The maximum absolute atomic E-state index is 6.29. The Bertz CT molecular complexity index is 1170. The van der Waals surface area contributed by atoms with E-state index in [1.165, 1.54) is 5.56 Å². The molecule has 4 rings (SSSR count). The quantitative estimate of drug-likeness (QED) is 0.377. The fraction of sp³-hybridized carbons (Fsp3) is 0.105. The molecule has 0 atom stereocenters. The highest BCUT2D eigenvalue weighted by molar-refractivity contribution is 7.71. The van der Waals surface area contributed by atoms with Gasteiger partial charge < -0.3 is 4.98 Å². The fourth-order valence-electron chi connectivity index (χ4n) is 2.98. The van der Waals surface area contributed by atoms with Crippen LogP contribution < -0.4 is 0 Å². The van der Waals surface area contributed by atoms with E-state index in [2.05, 4.69) is 45.4 Å². The van der Waals surface area contributed by atoms with Crippen molar-refractivity contribution < 1.29 is 0 Å². The Morgan fingerprint density at radius 2 is 2.08 bits per heavy atom. The average molecular weight is 382 g/mol. The van der Waals surface area contributed by atoms with Crippen LogP contribution in [0.15, 0.2) is 53.8 Å². The number of aromatic amines is 2. The molecule has 2 N–H and O–H groups in total. The summed E-state index contributed by atoms with van der Waals surface area (Å²) in [7, 11) is 0. The number of halogens is 1. The van der Waals surface area contributed by atoms with E-state index in [0.29, 0.717) is 15.6 Å². The summed E-state index contributed by atoms with van der Waals surface area (Å²) in [5, 5.41) is 13.3. The number of nitrogens with one attached hydrogen (secondary N) is 2. The van der Waals surface area contributed by atoms with Gasteiger partial charge in [0.2, 0.25) is 4.77 Å². The maximum atomic E-state index is 6.29. The van der Waals surface area contributed by atoms with Crippen LogP contribution in [0, 0.1) is 4.77 Å². The molecule has 0 aliphatic heterocycles. The van der Waals surface area contributed by atoms with Gasteiger partial charge in [-0.25, -0.2) is 5.10 Å². The van der Waals surface area contributed by atoms with E-state index in [0.717, 1.165) is 28.5 Å². The molecule has 5 nitrogen and oxygen atoms in total. The second-order valence-electron chi connectivity index (χ2n) is 5.83. The van der Waals surface area contributed by atoms with Gasteiger partial charge in [0.1, 0.15) is 0 Å². The van der Waals surface area contributed by atoms with Gasteiger partial charge in [-0.05, 0) is 36.3 Å². The van der Waals surface area contributed by atoms with Crippen molar-refractivity contribution in [3.05, 3.63) is 69.6 Å². The first-order chi connectivity index (χ1) is 12.7. The van der Waals surface area contributed by atoms with E-state index in [-0.39, 0.29) is 0 Å². The molecule has 26 heavy (non-hydrogen) atoms. The molecule has 130 valence electrons. The van der Waals surface area contributed by atoms with Crippen molar-refractivity contribution in [2.75, 3.05) is 0 Å². The second kappa shape index (κ2) is 6.90. The minimum atomic E-state index is 0.408. The number of para-hydroxylation sites is 1. The summed E-state index contributed by atoms with van der Waals surface area (Å²) in [5.41, 5.74) is 4.17. The van der Waals surface area contributed by atoms with Crippen molar-refractivity contribution in [3.8, 4) is 11.4 Å². The first-order valence-corrected chi connectivity index (χ1v) is 9.03. The normalized spacial score (nSPS) is 11.6. The Kier molecular flexibility index (Phi) is 4.44. The summed E-state index contributed by atoms with van der Waals surface area (Å²) in [5.74, 6) is 0.575. The van der Waals surface area contributed by atoms with Gasteiger partial charge in [0, 0.05) is 28.2 Å². The van der Waals surface area contributed by atoms with Crippen molar-refractivity contribution in [2.24, 2.45) is 5.10 Å². The van der Waals surface area contributed by atoms with Crippen LogP contribution in [0.1, 0.15) is 18.1 Å². The number of hydrogen-bond donors (Lipinski definition) is 2. The zero-order valence-electron chi connectivity index (χ0n) is 14.0. The minimum Gasteiger partial charge on any atom is -0.360 e. The van der Waals surface area contributed by atoms with Gasteiger partial charge in [-0.3, -0.25) is 0 Å². The Morgan fingerprint density at radius 3 is 2.88 bits per heavy atom. The molecular weight excluding hydrogens is 366 g/mol. The molecule has 0 saturated carbocycles. The van der Waals surface area contributed by atoms with Gasteiger partial charge in [-0.15, -0.1) is 0 Å². The molecule has 0 saturated heterocycles. The van der Waals surface area contributed by atoms with E-state index < -0.39 is 0 Å². The molecule has 0 radical (unpaired) electrons. The monoisotopic (exact) mass is 381 g/mol. The molecule has 4 aromatic rings. The highest BCUT2D eigenvalue weighted by Crippen LogP contribution is 2.26. The summed E-state index contributed by atoms with van der Waals surface area (Å²) < 4.78 is 1.99. The van der Waals surface area contributed by atoms with E-state index in [1.807, 2.05) is 30.5 Å². The molecule has 2 aromatic heterocycles. The molecular formula is C19H16ClN5S. The van der Waals surface area contributed by atoms with Crippen LogP contribution >= 0.6 is 23.8 Å². The molecule has 0 aliphatic carbocycles. The van der Waals surface area contributed by atoms with Gasteiger partial charge in [0.05, 0.1) is 11.2 Å². The Balaban J connectivity index is 1.79. The number of benzene rings is 2. The number of H-pyrrole nitrogens is 2. The lowest BCUT2D eigenvalue weighted by atomic mass is 10.1. The lowest BCUT2D eigenvalue weighted by Gasteiger charge is -2.03. The van der Waals surface area contributed by atoms with Gasteiger partial charge in [-0.2, -0.15) is 14.9 Å². The van der Waals surface area contributed by atoms with Crippen molar-refractivity contribution in [3.63, 3.8) is 0 Å². The smallest absolute Gasteiger partial charge is 0.216 e. The first kappa shape index (κ1) is 16.8. The molecule has 0 unspecified atom stereocenters. The maximum Gasteiger partial charge on any atom is 0.216 e. The average Bonchev–Trinajstić information content (AvgIpc) is 3.24. The molecule has 7 heteroatoms. The van der Waals surface area contributed by atoms with Crippen LogP contribution in [0.5, 0.6) is 0 Å². The summed E-state index contributed by atoms with van der Waals surface area (Å²) in [4.78, 5) is 3.34. The zero-order valence-corrected chi connectivity index (χ0v) is 15.6. The third-order valence-corrected chi connectivity index (χ3v) is 4.89. The Labute approximate surface area is 160 Å². The Hall–Kier alpha value is -2.70. The van der Waals surface area contributed by atoms with Crippen molar-refractivity contribution >= 4 is 40.9 Å². The van der Waals surface area contributed by atoms with Crippen molar-refractivity contribution in [1.29, 1.82) is 0 Å². The van der Waals surface area contributed by atoms with Crippen molar-refractivity contribution in [2.45, 2.75) is 13.3 Å². The lowest BCUT2D eigenvalue weighted by molar-refractivity contribution is 0.872. The molecule has 2 heterocycles. The van der Waals surface area contributed by atoms with E-state index >= 15 is 0 Å². The highest BCUT2D eigenvalue weighted by Gasteiger charge is 2.11. The van der Waals surface area contributed by atoms with Gasteiger partial charge in [0.15, 0.2) is 5.82 Å². The SMILES string of the molecule is CCc1cccc2c(/C=N/n3c(-c4ccccc4Cl)n[nH]c3=S)c[nH]c12. The summed E-state index contributed by atoms with van der Waals surface area (Å²) in [6, 6.07) is 13.7. The molecule has 2 aromatic carbocycles. The molecule has 0 aliphatic rings. The molecule has 0 amide bonds. The number of aromatic nitrogens is 4. The molecule has 0 spiro atoms. The summed E-state index contributed by atoms with van der Waals surface area (Å²) in [6.45, 7) is 2.14. The zero-order chi connectivity index (χ0) is 18.1. The van der Waals surface area contributed by atoms with Crippen LogP contribution in [0.25, 0.3) is 22.3 Å². The standard InChI is InChI=1S/C19H16ClN5S/c1-2-12-6-5-8-14-13(10-21-17(12)14)11-22-25-18(23-24-19(25)26)15-7-3-4-9-16(15)20/h3-11,21H,2H2,1H3,(H,24,26)/b22-11+. The summed E-state index contributed by atoms with van der Waals surface area (Å²) >= 11 is 11.6. The predicted molar refractivity (Wildman–Crippen MR) is 109 cm³/mol. The largest absolute Gasteiger partial charge is 0.360 e. The molecule has 0 bridgehead atoms. The van der Waals surface area contributed by atoms with E-state index in [1.54, 1.807) is 10.9 Å². The number of rotatable bonds is 4. The lowest BCUT2D eigenvalue weighted by Crippen LogP contribution is -1.95. The minimum absolute atomic E-state index is 0.408. The van der Waals surface area contributed by atoms with Gasteiger partial charge >= 0.3 is 0 Å². The van der Waals surface area contributed by atoms with Gasteiger partial charge in [-0.1, -0.05) is 48.9 Å². The fourth-order valence-corrected chi connectivity index (χ4v) is 3.38. The first-order valence-electron chi connectivity index (χ1n) is 8.24. The number of hydrogen-bond acceptors (Lipinski definition) is 3. The van der Waals surface area contributed by atoms with E-state index in [4.69, 9.17) is 23.8 Å². The van der Waals surface area contributed by atoms with Crippen LogP contribution in [0.4, 0.5) is 0 Å². The second-order valence-corrected chi connectivity index (χ2v) is 6.62. The predicted octanol–water partition coefficient (Wildman–Crippen LogP) is 5.19. The van der Waals surface area contributed by atoms with Crippen LogP contribution in [0.3, 0.4) is 0 Å². The van der Waals surface area contributed by atoms with Crippen molar-refractivity contribution in [1.82, 2.24) is 19.9 Å².